The molecule has 0 bridgehead atoms. The molecule has 148 valence electrons. The van der Waals surface area contributed by atoms with Crippen molar-refractivity contribution >= 4 is 23.6 Å². The summed E-state index contributed by atoms with van der Waals surface area (Å²) in [6, 6.07) is 5.64. The molecule has 0 aromatic heterocycles. The fourth-order valence-corrected chi connectivity index (χ4v) is 5.52. The number of nitrogens with one attached hydrogen (secondary N) is 1. The Hall–Kier alpha value is -1.56. The van der Waals surface area contributed by atoms with E-state index >= 15 is 0 Å². The number of benzene rings is 1. The third kappa shape index (κ3) is 4.48. The molecule has 1 saturated heterocycles. The number of halogens is 1. The van der Waals surface area contributed by atoms with E-state index in [4.69, 9.17) is 0 Å². The Balaban J connectivity index is 1.84. The molecule has 1 heterocycles. The molecule has 2 fully saturated rings. The molecule has 1 aromatic rings. The largest absolute Gasteiger partial charge is 0.352 e. The number of hydrogen-bond donors (Lipinski definition) is 1. The van der Waals surface area contributed by atoms with Crippen LogP contribution in [0.4, 0.5) is 4.39 Å². The number of hydrogen-bond acceptors (Lipinski definition) is 3. The number of rotatable bonds is 3. The number of carbonyl (C=O) groups is 2. The van der Waals surface area contributed by atoms with Gasteiger partial charge < -0.3 is 10.2 Å². The van der Waals surface area contributed by atoms with E-state index in [0.717, 1.165) is 25.7 Å². The molecule has 3 rings (SSSR count). The van der Waals surface area contributed by atoms with Crippen molar-refractivity contribution in [1.29, 1.82) is 0 Å². The van der Waals surface area contributed by atoms with Gasteiger partial charge in [0.1, 0.15) is 11.9 Å². The molecule has 1 aliphatic carbocycles. The van der Waals surface area contributed by atoms with Crippen molar-refractivity contribution in [1.82, 2.24) is 10.2 Å². The van der Waals surface area contributed by atoms with E-state index in [0.29, 0.717) is 5.75 Å². The van der Waals surface area contributed by atoms with Crippen molar-refractivity contribution in [3.05, 3.63) is 35.6 Å². The van der Waals surface area contributed by atoms with Gasteiger partial charge in [-0.25, -0.2) is 4.39 Å². The Morgan fingerprint density at radius 1 is 1.15 bits per heavy atom. The number of amides is 2. The molecule has 0 radical (unpaired) electrons. The maximum Gasteiger partial charge on any atom is 0.258 e. The van der Waals surface area contributed by atoms with Gasteiger partial charge in [0.05, 0.1) is 10.9 Å². The van der Waals surface area contributed by atoms with Gasteiger partial charge >= 0.3 is 0 Å². The van der Waals surface area contributed by atoms with Crippen LogP contribution < -0.4 is 5.32 Å². The lowest BCUT2D eigenvalue weighted by Crippen LogP contribution is -2.54. The summed E-state index contributed by atoms with van der Waals surface area (Å²) in [6.45, 7) is 6.15. The standard InChI is InChI=1S/C21H29FN2O2S/c1-21(2,3)20-24(19(26)15-11-7-8-12-16(15)22)17(13-27-20)18(25)23-14-9-5-4-6-10-14/h7-8,11-12,14,17,20H,4-6,9-10,13H2,1-3H3,(H,23,25). The summed E-state index contributed by atoms with van der Waals surface area (Å²) in [5.41, 5.74) is -0.185. The zero-order valence-corrected chi connectivity index (χ0v) is 17.2. The maximum atomic E-state index is 14.3. The molecule has 2 unspecified atom stereocenters. The average Bonchev–Trinajstić information content (AvgIpc) is 3.08. The van der Waals surface area contributed by atoms with Crippen LogP contribution in [0.5, 0.6) is 0 Å². The van der Waals surface area contributed by atoms with Gasteiger partial charge in [-0.1, -0.05) is 52.2 Å². The predicted octanol–water partition coefficient (Wildman–Crippen LogP) is 4.20. The molecule has 2 amide bonds. The fourth-order valence-electron chi connectivity index (χ4n) is 3.94. The first-order valence-corrected chi connectivity index (χ1v) is 10.8. The highest BCUT2D eigenvalue weighted by molar-refractivity contribution is 8.00. The van der Waals surface area contributed by atoms with Gasteiger partial charge in [0, 0.05) is 11.8 Å². The Labute approximate surface area is 165 Å². The second-order valence-corrected chi connectivity index (χ2v) is 9.72. The van der Waals surface area contributed by atoms with E-state index in [9.17, 15) is 14.0 Å². The zero-order chi connectivity index (χ0) is 19.6. The first-order chi connectivity index (χ1) is 12.8. The molecule has 27 heavy (non-hydrogen) atoms. The molecule has 1 aliphatic heterocycles. The minimum absolute atomic E-state index is 0.0321. The monoisotopic (exact) mass is 392 g/mol. The van der Waals surface area contributed by atoms with Gasteiger partial charge in [0.25, 0.3) is 5.91 Å². The highest BCUT2D eigenvalue weighted by Crippen LogP contribution is 2.41. The zero-order valence-electron chi connectivity index (χ0n) is 16.3. The van der Waals surface area contributed by atoms with E-state index in [1.807, 2.05) is 20.8 Å². The normalized spacial score (nSPS) is 24.1. The van der Waals surface area contributed by atoms with Gasteiger partial charge in [-0.05, 0) is 30.4 Å². The smallest absolute Gasteiger partial charge is 0.258 e. The summed E-state index contributed by atoms with van der Waals surface area (Å²) in [5, 5.41) is 2.97. The Morgan fingerprint density at radius 2 is 1.81 bits per heavy atom. The van der Waals surface area contributed by atoms with Crippen LogP contribution in [-0.2, 0) is 4.79 Å². The van der Waals surface area contributed by atoms with Crippen molar-refractivity contribution in [2.45, 2.75) is 70.3 Å². The van der Waals surface area contributed by atoms with Crippen molar-refractivity contribution in [3.63, 3.8) is 0 Å². The fraction of sp³-hybridized carbons (Fsp3) is 0.619. The van der Waals surface area contributed by atoms with Crippen molar-refractivity contribution in [2.75, 3.05) is 5.75 Å². The Kier molecular flexibility index (Phi) is 6.14. The van der Waals surface area contributed by atoms with Crippen LogP contribution in [-0.4, -0.2) is 39.9 Å². The van der Waals surface area contributed by atoms with Crippen molar-refractivity contribution < 1.29 is 14.0 Å². The summed E-state index contributed by atoms with van der Waals surface area (Å²) in [7, 11) is 0. The van der Waals surface area contributed by atoms with Crippen LogP contribution >= 0.6 is 11.8 Å². The van der Waals surface area contributed by atoms with Crippen molar-refractivity contribution in [3.8, 4) is 0 Å². The quantitative estimate of drug-likeness (QED) is 0.839. The molecular formula is C21H29FN2O2S. The summed E-state index contributed by atoms with van der Waals surface area (Å²) < 4.78 is 14.3. The van der Waals surface area contributed by atoms with Crippen LogP contribution in [0.25, 0.3) is 0 Å². The van der Waals surface area contributed by atoms with Crippen LogP contribution in [0, 0.1) is 11.2 Å². The minimum atomic E-state index is -0.562. The molecule has 6 heteroatoms. The number of carbonyl (C=O) groups excluding carboxylic acids is 2. The average molecular weight is 393 g/mol. The molecule has 1 N–H and O–H groups in total. The number of thioether (sulfide) groups is 1. The van der Waals surface area contributed by atoms with E-state index in [2.05, 4.69) is 5.32 Å². The lowest BCUT2D eigenvalue weighted by molar-refractivity contribution is -0.126. The van der Waals surface area contributed by atoms with Crippen molar-refractivity contribution in [2.24, 2.45) is 5.41 Å². The first kappa shape index (κ1) is 20.2. The van der Waals surface area contributed by atoms with Gasteiger partial charge in [0.2, 0.25) is 5.91 Å². The topological polar surface area (TPSA) is 49.4 Å². The lowest BCUT2D eigenvalue weighted by Gasteiger charge is -2.37. The predicted molar refractivity (Wildman–Crippen MR) is 107 cm³/mol. The summed E-state index contributed by atoms with van der Waals surface area (Å²) >= 11 is 1.61. The number of nitrogens with zero attached hydrogens (tertiary/aromatic N) is 1. The van der Waals surface area contributed by atoms with Crippen LogP contribution in [0.3, 0.4) is 0 Å². The van der Waals surface area contributed by atoms with Crippen LogP contribution in [0.1, 0.15) is 63.2 Å². The van der Waals surface area contributed by atoms with E-state index in [-0.39, 0.29) is 28.3 Å². The molecule has 1 aromatic carbocycles. The highest BCUT2D eigenvalue weighted by atomic mass is 32.2. The third-order valence-corrected chi connectivity index (χ3v) is 7.09. The molecular weight excluding hydrogens is 363 g/mol. The molecule has 0 spiro atoms. The van der Waals surface area contributed by atoms with Gasteiger partial charge in [0.15, 0.2) is 0 Å². The van der Waals surface area contributed by atoms with Gasteiger partial charge in [-0.2, -0.15) is 0 Å². The Morgan fingerprint density at radius 3 is 2.44 bits per heavy atom. The Bertz CT molecular complexity index is 698. The summed E-state index contributed by atoms with van der Waals surface area (Å²) in [5.74, 6) is -0.508. The third-order valence-electron chi connectivity index (χ3n) is 5.33. The SMILES string of the molecule is CC(C)(C)C1SCC(C(=O)NC2CCCCC2)N1C(=O)c1ccccc1F. The second kappa shape index (κ2) is 8.21. The van der Waals surface area contributed by atoms with Crippen LogP contribution in [0.15, 0.2) is 24.3 Å². The summed E-state index contributed by atoms with van der Waals surface area (Å²) in [4.78, 5) is 27.8. The lowest BCUT2D eigenvalue weighted by atomic mass is 9.93. The van der Waals surface area contributed by atoms with Gasteiger partial charge in [-0.3, -0.25) is 9.59 Å². The highest BCUT2D eigenvalue weighted by Gasteiger charge is 2.47. The molecule has 2 aliphatic rings. The molecule has 2 atom stereocenters. The maximum absolute atomic E-state index is 14.3. The van der Waals surface area contributed by atoms with E-state index < -0.39 is 17.8 Å². The van der Waals surface area contributed by atoms with Crippen LogP contribution in [0.2, 0.25) is 0 Å². The molecule has 1 saturated carbocycles. The summed E-state index contributed by atoms with van der Waals surface area (Å²) in [6.07, 6.45) is 5.47. The molecule has 4 nitrogen and oxygen atoms in total. The van der Waals surface area contributed by atoms with E-state index in [1.54, 1.807) is 28.8 Å². The van der Waals surface area contributed by atoms with Gasteiger partial charge in [-0.15, -0.1) is 11.8 Å². The minimum Gasteiger partial charge on any atom is -0.352 e. The van der Waals surface area contributed by atoms with E-state index in [1.165, 1.54) is 18.6 Å². The first-order valence-electron chi connectivity index (χ1n) is 9.78. The second-order valence-electron chi connectivity index (χ2n) is 8.60.